The topological polar surface area (TPSA) is 33.2 Å². The van der Waals surface area contributed by atoms with Gasteiger partial charge in [-0.3, -0.25) is 4.79 Å². The van der Waals surface area contributed by atoms with Crippen molar-refractivity contribution in [3.8, 4) is 10.6 Å². The molecule has 0 atom stereocenters. The van der Waals surface area contributed by atoms with Crippen molar-refractivity contribution in [1.82, 2.24) is 9.88 Å². The average Bonchev–Trinajstić information content (AvgIpc) is 2.74. The van der Waals surface area contributed by atoms with Crippen LogP contribution in [0.15, 0.2) is 24.3 Å². The van der Waals surface area contributed by atoms with Crippen molar-refractivity contribution in [3.63, 3.8) is 0 Å². The zero-order valence-electron chi connectivity index (χ0n) is 13.3. The number of hydrogen-bond donors (Lipinski definition) is 0. The maximum Gasteiger partial charge on any atom is 0.253 e. The van der Waals surface area contributed by atoms with Crippen molar-refractivity contribution in [2.75, 3.05) is 13.1 Å². The average molecular weight is 314 g/mol. The Morgan fingerprint density at radius 2 is 1.86 bits per heavy atom. The summed E-state index contributed by atoms with van der Waals surface area (Å²) >= 11 is 1.69. The fraction of sp³-hybridized carbons (Fsp3) is 0.444. The second-order valence-electron chi connectivity index (χ2n) is 5.95. The van der Waals surface area contributed by atoms with Crippen LogP contribution in [0, 0.1) is 13.8 Å². The summed E-state index contributed by atoms with van der Waals surface area (Å²) in [6.45, 7) is 5.89. The molecular formula is C18H22N2OS. The first kappa shape index (κ1) is 15.2. The van der Waals surface area contributed by atoms with Crippen molar-refractivity contribution < 1.29 is 4.79 Å². The Kier molecular flexibility index (Phi) is 4.57. The number of aryl methyl sites for hydroxylation is 2. The molecule has 1 aromatic heterocycles. The second-order valence-corrected chi connectivity index (χ2v) is 7.15. The summed E-state index contributed by atoms with van der Waals surface area (Å²) in [5.74, 6) is 0.161. The zero-order chi connectivity index (χ0) is 15.5. The smallest absolute Gasteiger partial charge is 0.253 e. The molecule has 1 saturated heterocycles. The summed E-state index contributed by atoms with van der Waals surface area (Å²) < 4.78 is 0. The minimum absolute atomic E-state index is 0.161. The van der Waals surface area contributed by atoms with Crippen molar-refractivity contribution >= 4 is 17.2 Å². The summed E-state index contributed by atoms with van der Waals surface area (Å²) in [5, 5.41) is 1.00. The van der Waals surface area contributed by atoms with Crippen LogP contribution in [-0.2, 0) is 0 Å². The molecule has 3 rings (SSSR count). The molecule has 4 heteroatoms. The molecule has 0 radical (unpaired) electrons. The Bertz CT molecular complexity index is 650. The lowest BCUT2D eigenvalue weighted by Crippen LogP contribution is -2.31. The fourth-order valence-corrected chi connectivity index (χ4v) is 3.75. The number of carbonyl (C=O) groups excluding carboxylic acids is 1. The first-order valence-electron chi connectivity index (χ1n) is 7.99. The summed E-state index contributed by atoms with van der Waals surface area (Å²) in [7, 11) is 0. The highest BCUT2D eigenvalue weighted by atomic mass is 32.1. The lowest BCUT2D eigenvalue weighted by Gasteiger charge is -2.20. The third kappa shape index (κ3) is 3.22. The number of carbonyl (C=O) groups is 1. The highest BCUT2D eigenvalue weighted by Crippen LogP contribution is 2.28. The Balaban J connectivity index is 1.85. The highest BCUT2D eigenvalue weighted by Gasteiger charge is 2.18. The predicted molar refractivity (Wildman–Crippen MR) is 91.4 cm³/mol. The summed E-state index contributed by atoms with van der Waals surface area (Å²) in [6.07, 6.45) is 4.72. The van der Waals surface area contributed by atoms with E-state index in [1.807, 2.05) is 36.1 Å². The van der Waals surface area contributed by atoms with Gasteiger partial charge in [0.2, 0.25) is 0 Å². The van der Waals surface area contributed by atoms with Gasteiger partial charge in [0.1, 0.15) is 5.01 Å². The minimum atomic E-state index is 0.161. The maximum atomic E-state index is 12.7. The number of nitrogens with zero attached hydrogens (tertiary/aromatic N) is 2. The fourth-order valence-electron chi connectivity index (χ4n) is 2.84. The molecule has 0 unspecified atom stereocenters. The van der Waals surface area contributed by atoms with Crippen LogP contribution in [0.3, 0.4) is 0 Å². The number of thiazole rings is 1. The third-order valence-corrected chi connectivity index (χ3v) is 5.40. The van der Waals surface area contributed by atoms with Crippen molar-refractivity contribution in [2.24, 2.45) is 0 Å². The van der Waals surface area contributed by atoms with Gasteiger partial charge in [0.05, 0.1) is 5.69 Å². The number of rotatable bonds is 2. The van der Waals surface area contributed by atoms with Crippen molar-refractivity contribution in [1.29, 1.82) is 0 Å². The molecule has 1 aromatic carbocycles. The highest BCUT2D eigenvalue weighted by molar-refractivity contribution is 7.15. The van der Waals surface area contributed by atoms with Crippen LogP contribution in [0.2, 0.25) is 0 Å². The van der Waals surface area contributed by atoms with Gasteiger partial charge in [-0.05, 0) is 38.8 Å². The van der Waals surface area contributed by atoms with E-state index in [0.29, 0.717) is 0 Å². The van der Waals surface area contributed by atoms with E-state index < -0.39 is 0 Å². The minimum Gasteiger partial charge on any atom is -0.339 e. The first-order chi connectivity index (χ1) is 10.6. The SMILES string of the molecule is Cc1nc(-c2cccc(C(=O)N3CCCCCC3)c2)sc1C. The number of benzene rings is 1. The molecule has 1 aliphatic rings. The van der Waals surface area contributed by atoms with Gasteiger partial charge in [0.15, 0.2) is 0 Å². The van der Waals surface area contributed by atoms with Crippen LogP contribution in [-0.4, -0.2) is 28.9 Å². The normalized spacial score (nSPS) is 15.6. The van der Waals surface area contributed by atoms with E-state index in [2.05, 4.69) is 11.9 Å². The Hall–Kier alpha value is -1.68. The van der Waals surface area contributed by atoms with Crippen molar-refractivity contribution in [3.05, 3.63) is 40.4 Å². The monoisotopic (exact) mass is 314 g/mol. The Morgan fingerprint density at radius 3 is 2.50 bits per heavy atom. The van der Waals surface area contributed by atoms with Crippen LogP contribution < -0.4 is 0 Å². The molecule has 3 nitrogen and oxygen atoms in total. The third-order valence-electron chi connectivity index (χ3n) is 4.28. The van der Waals surface area contributed by atoms with E-state index in [1.165, 1.54) is 17.7 Å². The van der Waals surface area contributed by atoms with Crippen LogP contribution in [0.5, 0.6) is 0 Å². The largest absolute Gasteiger partial charge is 0.339 e. The zero-order valence-corrected chi connectivity index (χ0v) is 14.1. The molecule has 0 bridgehead atoms. The molecule has 2 aromatic rings. The molecule has 1 fully saturated rings. The predicted octanol–water partition coefficient (Wildman–Crippen LogP) is 4.44. The molecule has 1 aliphatic heterocycles. The van der Waals surface area contributed by atoms with Gasteiger partial charge < -0.3 is 4.90 Å². The summed E-state index contributed by atoms with van der Waals surface area (Å²) in [5.41, 5.74) is 2.90. The molecule has 0 aliphatic carbocycles. The molecule has 0 N–H and O–H groups in total. The van der Waals surface area contributed by atoms with Gasteiger partial charge >= 0.3 is 0 Å². The van der Waals surface area contributed by atoms with Gasteiger partial charge in [-0.1, -0.05) is 25.0 Å². The quantitative estimate of drug-likeness (QED) is 0.821. The molecule has 0 saturated carbocycles. The Morgan fingerprint density at radius 1 is 1.14 bits per heavy atom. The number of aromatic nitrogens is 1. The van der Waals surface area contributed by atoms with Gasteiger partial charge in [0.25, 0.3) is 5.91 Å². The number of likely N-dealkylation sites (tertiary alicyclic amines) is 1. The van der Waals surface area contributed by atoms with E-state index in [0.717, 1.165) is 47.8 Å². The van der Waals surface area contributed by atoms with Crippen molar-refractivity contribution in [2.45, 2.75) is 39.5 Å². The standard InChI is InChI=1S/C18H22N2OS/c1-13-14(2)22-17(19-13)15-8-7-9-16(12-15)18(21)20-10-5-3-4-6-11-20/h7-9,12H,3-6,10-11H2,1-2H3. The second kappa shape index (κ2) is 6.61. The van der Waals surface area contributed by atoms with Gasteiger partial charge in [-0.2, -0.15) is 0 Å². The molecule has 116 valence electrons. The molecular weight excluding hydrogens is 292 g/mol. The van der Waals surface area contributed by atoms with E-state index in [-0.39, 0.29) is 5.91 Å². The van der Waals surface area contributed by atoms with Gasteiger partial charge in [0, 0.05) is 29.1 Å². The number of amides is 1. The lowest BCUT2D eigenvalue weighted by molar-refractivity contribution is 0.0761. The van der Waals surface area contributed by atoms with Crippen LogP contribution in [0.25, 0.3) is 10.6 Å². The van der Waals surface area contributed by atoms with Gasteiger partial charge in [-0.15, -0.1) is 11.3 Å². The van der Waals surface area contributed by atoms with E-state index in [4.69, 9.17) is 0 Å². The molecule has 0 spiro atoms. The molecule has 2 heterocycles. The summed E-state index contributed by atoms with van der Waals surface area (Å²) in [6, 6.07) is 7.92. The number of hydrogen-bond acceptors (Lipinski definition) is 3. The van der Waals surface area contributed by atoms with Gasteiger partial charge in [-0.25, -0.2) is 4.98 Å². The molecule has 22 heavy (non-hydrogen) atoms. The summed E-state index contributed by atoms with van der Waals surface area (Å²) in [4.78, 5) is 20.6. The van der Waals surface area contributed by atoms with Crippen LogP contribution in [0.4, 0.5) is 0 Å². The first-order valence-corrected chi connectivity index (χ1v) is 8.80. The maximum absolute atomic E-state index is 12.7. The lowest BCUT2D eigenvalue weighted by atomic mass is 10.1. The van der Waals surface area contributed by atoms with E-state index in [9.17, 15) is 4.79 Å². The van der Waals surface area contributed by atoms with E-state index in [1.54, 1.807) is 11.3 Å². The Labute approximate surface area is 136 Å². The van der Waals surface area contributed by atoms with E-state index >= 15 is 0 Å². The van der Waals surface area contributed by atoms with Crippen LogP contribution in [0.1, 0.15) is 46.6 Å². The molecule has 1 amide bonds. The van der Waals surface area contributed by atoms with Crippen LogP contribution >= 0.6 is 11.3 Å².